The Balaban J connectivity index is 1.87. The molecular formula is C24H25N3O6. The van der Waals surface area contributed by atoms with E-state index in [0.717, 1.165) is 11.1 Å². The minimum atomic E-state index is -1.11. The Morgan fingerprint density at radius 1 is 1.12 bits per heavy atom. The first-order chi connectivity index (χ1) is 15.7. The molecule has 0 bridgehead atoms. The van der Waals surface area contributed by atoms with Crippen molar-refractivity contribution in [1.82, 2.24) is 9.88 Å². The van der Waals surface area contributed by atoms with Crippen LogP contribution in [0.5, 0.6) is 11.5 Å². The third-order valence-electron chi connectivity index (χ3n) is 5.17. The predicted molar refractivity (Wildman–Crippen MR) is 124 cm³/mol. The van der Waals surface area contributed by atoms with E-state index in [1.54, 1.807) is 32.2 Å². The number of amides is 2. The number of nitrogens with one attached hydrogen (secondary N) is 2. The van der Waals surface area contributed by atoms with Gasteiger partial charge in [-0.05, 0) is 41.8 Å². The molecule has 0 saturated carbocycles. The van der Waals surface area contributed by atoms with Gasteiger partial charge in [-0.25, -0.2) is 4.79 Å². The SMILES string of the molecule is COc1ccc(-c2cccc(C(CC(=O)O)NC(=O)Nc3c(O)c(C)cn(C)c3=O)c2)cc1. The summed E-state index contributed by atoms with van der Waals surface area (Å²) in [6, 6.07) is 12.8. The zero-order chi connectivity index (χ0) is 24.1. The minimum absolute atomic E-state index is 0.281. The maximum Gasteiger partial charge on any atom is 0.319 e. The zero-order valence-electron chi connectivity index (χ0n) is 18.5. The van der Waals surface area contributed by atoms with Crippen molar-refractivity contribution in [3.05, 3.63) is 76.2 Å². The van der Waals surface area contributed by atoms with E-state index in [2.05, 4.69) is 10.6 Å². The minimum Gasteiger partial charge on any atom is -0.505 e. The molecule has 0 aliphatic carbocycles. The van der Waals surface area contributed by atoms with E-state index in [-0.39, 0.29) is 17.9 Å². The maximum absolute atomic E-state index is 12.6. The van der Waals surface area contributed by atoms with Crippen molar-refractivity contribution >= 4 is 17.7 Å². The van der Waals surface area contributed by atoms with Gasteiger partial charge in [0, 0.05) is 18.8 Å². The van der Waals surface area contributed by atoms with Crippen molar-refractivity contribution in [2.24, 2.45) is 7.05 Å². The van der Waals surface area contributed by atoms with Gasteiger partial charge in [-0.1, -0.05) is 30.3 Å². The molecule has 4 N–H and O–H groups in total. The van der Waals surface area contributed by atoms with E-state index in [1.165, 1.54) is 17.8 Å². The summed E-state index contributed by atoms with van der Waals surface area (Å²) in [7, 11) is 3.07. The Morgan fingerprint density at radius 2 is 1.82 bits per heavy atom. The number of methoxy groups -OCH3 is 1. The number of hydrogen-bond donors (Lipinski definition) is 4. The number of aromatic hydroxyl groups is 1. The Bertz CT molecular complexity index is 1230. The van der Waals surface area contributed by atoms with Crippen molar-refractivity contribution in [3.63, 3.8) is 0 Å². The lowest BCUT2D eigenvalue weighted by Crippen LogP contribution is -2.36. The molecular weight excluding hydrogens is 426 g/mol. The second-order valence-corrected chi connectivity index (χ2v) is 7.55. The van der Waals surface area contributed by atoms with Crippen LogP contribution in [0.3, 0.4) is 0 Å². The average molecular weight is 451 g/mol. The Kier molecular flexibility index (Phi) is 7.02. The molecule has 2 amide bonds. The fourth-order valence-electron chi connectivity index (χ4n) is 3.45. The third-order valence-corrected chi connectivity index (χ3v) is 5.17. The lowest BCUT2D eigenvalue weighted by molar-refractivity contribution is -0.137. The highest BCUT2D eigenvalue weighted by atomic mass is 16.5. The van der Waals surface area contributed by atoms with Crippen LogP contribution in [0.4, 0.5) is 10.5 Å². The summed E-state index contributed by atoms with van der Waals surface area (Å²) in [5.41, 5.74) is 1.83. The number of carboxylic acid groups (broad SMARTS) is 1. The molecule has 3 rings (SSSR count). The lowest BCUT2D eigenvalue weighted by atomic mass is 9.98. The molecule has 9 nitrogen and oxygen atoms in total. The van der Waals surface area contributed by atoms with Crippen LogP contribution in [0, 0.1) is 6.92 Å². The van der Waals surface area contributed by atoms with E-state index in [1.807, 2.05) is 30.3 Å². The fourth-order valence-corrected chi connectivity index (χ4v) is 3.45. The summed E-state index contributed by atoms with van der Waals surface area (Å²) in [5, 5.41) is 24.5. The van der Waals surface area contributed by atoms with Crippen molar-refractivity contribution in [2.75, 3.05) is 12.4 Å². The van der Waals surface area contributed by atoms with Gasteiger partial charge in [-0.2, -0.15) is 0 Å². The van der Waals surface area contributed by atoms with E-state index in [4.69, 9.17) is 4.74 Å². The van der Waals surface area contributed by atoms with Crippen molar-refractivity contribution in [2.45, 2.75) is 19.4 Å². The summed E-state index contributed by atoms with van der Waals surface area (Å²) in [4.78, 5) is 36.4. The fraction of sp³-hybridized carbons (Fsp3) is 0.208. The van der Waals surface area contributed by atoms with Crippen LogP contribution < -0.4 is 20.9 Å². The standard InChI is InChI=1S/C24H25N3O6/c1-14-13-27(2)23(31)21(22(14)30)26-24(32)25-19(12-20(28)29)17-6-4-5-16(11-17)15-7-9-18(33-3)10-8-15/h4-11,13,19,30H,12H2,1-3H3,(H,28,29)(H2,25,26,32). The highest BCUT2D eigenvalue weighted by Gasteiger charge is 2.21. The van der Waals surface area contributed by atoms with Crippen LogP contribution in [0.1, 0.15) is 23.6 Å². The normalized spacial score (nSPS) is 11.5. The van der Waals surface area contributed by atoms with Crippen molar-refractivity contribution in [1.29, 1.82) is 0 Å². The summed E-state index contributed by atoms with van der Waals surface area (Å²) in [6.45, 7) is 1.59. The number of benzene rings is 2. The monoisotopic (exact) mass is 451 g/mol. The molecule has 2 aromatic carbocycles. The number of aromatic nitrogens is 1. The van der Waals surface area contributed by atoms with Gasteiger partial charge in [-0.15, -0.1) is 0 Å². The average Bonchev–Trinajstić information content (AvgIpc) is 2.80. The second kappa shape index (κ2) is 9.90. The van der Waals surface area contributed by atoms with Gasteiger partial charge < -0.3 is 30.2 Å². The van der Waals surface area contributed by atoms with E-state index < -0.39 is 23.6 Å². The molecule has 1 atom stereocenters. The highest BCUT2D eigenvalue weighted by Crippen LogP contribution is 2.27. The number of anilines is 1. The Hall–Kier alpha value is -4.27. The van der Waals surface area contributed by atoms with Crippen LogP contribution in [0.15, 0.2) is 59.5 Å². The number of aliphatic carboxylic acids is 1. The molecule has 33 heavy (non-hydrogen) atoms. The van der Waals surface area contributed by atoms with Crippen molar-refractivity contribution < 1.29 is 24.5 Å². The Morgan fingerprint density at radius 3 is 2.45 bits per heavy atom. The summed E-state index contributed by atoms with van der Waals surface area (Å²) < 4.78 is 6.41. The van der Waals surface area contributed by atoms with Crippen LogP contribution >= 0.6 is 0 Å². The highest BCUT2D eigenvalue weighted by molar-refractivity contribution is 5.91. The number of carboxylic acids is 1. The van der Waals surface area contributed by atoms with Crippen LogP contribution in [-0.2, 0) is 11.8 Å². The number of pyridine rings is 1. The van der Waals surface area contributed by atoms with Crippen LogP contribution in [0.25, 0.3) is 11.1 Å². The van der Waals surface area contributed by atoms with Crippen LogP contribution in [-0.4, -0.2) is 33.9 Å². The predicted octanol–water partition coefficient (Wildman–Crippen LogP) is 3.41. The zero-order valence-corrected chi connectivity index (χ0v) is 18.5. The molecule has 0 saturated heterocycles. The largest absolute Gasteiger partial charge is 0.505 e. The van der Waals surface area contributed by atoms with Gasteiger partial charge in [0.05, 0.1) is 19.6 Å². The molecule has 3 aromatic rings. The molecule has 0 aliphatic heterocycles. The quantitative estimate of drug-likeness (QED) is 0.436. The first-order valence-electron chi connectivity index (χ1n) is 10.1. The molecule has 0 fully saturated rings. The van der Waals surface area contributed by atoms with Gasteiger partial charge in [-0.3, -0.25) is 9.59 Å². The maximum atomic E-state index is 12.6. The van der Waals surface area contributed by atoms with Crippen LogP contribution in [0.2, 0.25) is 0 Å². The third kappa shape index (κ3) is 5.51. The number of hydrogen-bond acceptors (Lipinski definition) is 5. The number of rotatable bonds is 7. The van der Waals surface area contributed by atoms with E-state index in [9.17, 15) is 24.6 Å². The van der Waals surface area contributed by atoms with Gasteiger partial charge >= 0.3 is 12.0 Å². The summed E-state index contributed by atoms with van der Waals surface area (Å²) >= 11 is 0. The molecule has 9 heteroatoms. The number of nitrogens with zero attached hydrogens (tertiary/aromatic N) is 1. The second-order valence-electron chi connectivity index (χ2n) is 7.55. The molecule has 172 valence electrons. The number of aryl methyl sites for hydroxylation is 2. The molecule has 1 heterocycles. The topological polar surface area (TPSA) is 130 Å². The Labute approximate surface area is 190 Å². The molecule has 1 aromatic heterocycles. The number of carbonyl (C=O) groups is 2. The number of urea groups is 1. The van der Waals surface area contributed by atoms with Gasteiger partial charge in [0.25, 0.3) is 5.56 Å². The molecule has 0 radical (unpaired) electrons. The summed E-state index contributed by atoms with van der Waals surface area (Å²) in [5.74, 6) is -0.739. The lowest BCUT2D eigenvalue weighted by Gasteiger charge is -2.19. The van der Waals surface area contributed by atoms with Gasteiger partial charge in [0.2, 0.25) is 0 Å². The summed E-state index contributed by atoms with van der Waals surface area (Å²) in [6.07, 6.45) is 1.07. The van der Waals surface area contributed by atoms with Gasteiger partial charge in [0.15, 0.2) is 5.69 Å². The first-order valence-corrected chi connectivity index (χ1v) is 10.1. The van der Waals surface area contributed by atoms with E-state index in [0.29, 0.717) is 16.9 Å². The van der Waals surface area contributed by atoms with Gasteiger partial charge in [0.1, 0.15) is 11.5 Å². The molecule has 0 spiro atoms. The van der Waals surface area contributed by atoms with Crippen molar-refractivity contribution in [3.8, 4) is 22.6 Å². The molecule has 1 unspecified atom stereocenters. The number of carbonyl (C=O) groups excluding carboxylic acids is 1. The number of ether oxygens (including phenoxy) is 1. The first kappa shape index (κ1) is 23.4. The van der Waals surface area contributed by atoms with E-state index >= 15 is 0 Å². The molecule has 0 aliphatic rings. The smallest absolute Gasteiger partial charge is 0.319 e.